The smallest absolute Gasteiger partial charge is 0.316 e. The average Bonchev–Trinajstić information content (AvgIpc) is 2.28. The third kappa shape index (κ3) is 5.28. The molecule has 86 valence electrons. The molecule has 0 spiro atoms. The van der Waals surface area contributed by atoms with Gasteiger partial charge in [-0.1, -0.05) is 42.5 Å². The summed E-state index contributed by atoms with van der Waals surface area (Å²) in [5, 5.41) is 0. The Morgan fingerprint density at radius 2 is 2.06 bits per heavy atom. The summed E-state index contributed by atoms with van der Waals surface area (Å²) in [5.74, 6) is 0.0994. The van der Waals surface area contributed by atoms with Gasteiger partial charge in [0, 0.05) is 6.42 Å². The van der Waals surface area contributed by atoms with Crippen LogP contribution in [-0.2, 0) is 16.0 Å². The molecular formula is C12H14O2S2. The van der Waals surface area contributed by atoms with Crippen LogP contribution in [0.25, 0.3) is 0 Å². The molecule has 16 heavy (non-hydrogen) atoms. The van der Waals surface area contributed by atoms with Crippen LogP contribution < -0.4 is 0 Å². The highest BCUT2D eigenvalue weighted by Gasteiger charge is 2.05. The number of esters is 1. The predicted molar refractivity (Wildman–Crippen MR) is 71.8 cm³/mol. The van der Waals surface area contributed by atoms with E-state index in [2.05, 4.69) is 0 Å². The highest BCUT2D eigenvalue weighted by Crippen LogP contribution is 2.11. The molecular weight excluding hydrogens is 240 g/mol. The van der Waals surface area contributed by atoms with Crippen LogP contribution in [0.4, 0.5) is 0 Å². The maximum atomic E-state index is 11.1. The van der Waals surface area contributed by atoms with Gasteiger partial charge in [-0.05, 0) is 12.5 Å². The summed E-state index contributed by atoms with van der Waals surface area (Å²) in [4.78, 5) is 11.1. The second-order valence-corrected chi connectivity index (χ2v) is 4.95. The number of carbonyl (C=O) groups is 1. The Morgan fingerprint density at radius 3 is 2.69 bits per heavy atom. The zero-order valence-electron chi connectivity index (χ0n) is 9.14. The van der Waals surface area contributed by atoms with Crippen LogP contribution in [0.5, 0.6) is 0 Å². The number of carbonyl (C=O) groups excluding carboxylic acids is 1. The predicted octanol–water partition coefficient (Wildman–Crippen LogP) is 2.85. The van der Waals surface area contributed by atoms with E-state index in [0.29, 0.717) is 12.4 Å². The van der Waals surface area contributed by atoms with E-state index in [-0.39, 0.29) is 5.97 Å². The van der Waals surface area contributed by atoms with Crippen LogP contribution in [0.3, 0.4) is 0 Å². The highest BCUT2D eigenvalue weighted by molar-refractivity contribution is 8.23. The standard InChI is InChI=1S/C12H14O2S2/c1-2-14-11(13)9-16-12(15)8-10-6-4-3-5-7-10/h3-7H,2,8-9H2,1H3. The van der Waals surface area contributed by atoms with Crippen LogP contribution in [0, 0.1) is 0 Å². The number of thioether (sulfide) groups is 1. The second kappa shape index (κ2) is 7.41. The maximum Gasteiger partial charge on any atom is 0.316 e. The largest absolute Gasteiger partial charge is 0.465 e. The lowest BCUT2D eigenvalue weighted by molar-refractivity contribution is -0.139. The first kappa shape index (κ1) is 13.2. The fourth-order valence-electron chi connectivity index (χ4n) is 1.16. The van der Waals surface area contributed by atoms with Crippen LogP contribution in [0.15, 0.2) is 30.3 Å². The third-order valence-electron chi connectivity index (χ3n) is 1.85. The van der Waals surface area contributed by atoms with E-state index in [4.69, 9.17) is 17.0 Å². The first-order chi connectivity index (χ1) is 7.72. The van der Waals surface area contributed by atoms with Crippen LogP contribution >= 0.6 is 24.0 Å². The summed E-state index contributed by atoms with van der Waals surface area (Å²) in [5.41, 5.74) is 1.17. The lowest BCUT2D eigenvalue weighted by Crippen LogP contribution is -2.08. The van der Waals surface area contributed by atoms with E-state index in [1.54, 1.807) is 6.92 Å². The Bertz CT molecular complexity index is 349. The van der Waals surface area contributed by atoms with E-state index < -0.39 is 0 Å². The summed E-state index contributed by atoms with van der Waals surface area (Å²) in [6.45, 7) is 2.22. The molecule has 2 nitrogen and oxygen atoms in total. The Morgan fingerprint density at radius 1 is 1.38 bits per heavy atom. The molecule has 0 atom stereocenters. The molecule has 0 radical (unpaired) electrons. The van der Waals surface area contributed by atoms with E-state index in [1.165, 1.54) is 17.3 Å². The Balaban J connectivity index is 2.29. The lowest BCUT2D eigenvalue weighted by Gasteiger charge is -2.03. The molecule has 0 heterocycles. The molecule has 0 unspecified atom stereocenters. The maximum absolute atomic E-state index is 11.1. The number of thiocarbonyl (C=S) groups is 1. The average molecular weight is 254 g/mol. The van der Waals surface area contributed by atoms with Gasteiger partial charge in [0.15, 0.2) is 0 Å². The molecule has 1 aromatic rings. The molecule has 1 rings (SSSR count). The minimum absolute atomic E-state index is 0.206. The molecule has 0 amide bonds. The van der Waals surface area contributed by atoms with Crippen molar-refractivity contribution in [3.05, 3.63) is 35.9 Å². The zero-order valence-corrected chi connectivity index (χ0v) is 10.8. The van der Waals surface area contributed by atoms with Gasteiger partial charge < -0.3 is 4.74 Å². The number of benzene rings is 1. The van der Waals surface area contributed by atoms with Gasteiger partial charge in [-0.15, -0.1) is 11.8 Å². The zero-order chi connectivity index (χ0) is 11.8. The molecule has 1 aromatic carbocycles. The van der Waals surface area contributed by atoms with Gasteiger partial charge in [-0.3, -0.25) is 4.79 Å². The molecule has 0 fully saturated rings. The molecule has 0 aliphatic heterocycles. The van der Waals surface area contributed by atoms with Gasteiger partial charge in [0.2, 0.25) is 0 Å². The summed E-state index contributed by atoms with van der Waals surface area (Å²) in [6, 6.07) is 9.98. The van der Waals surface area contributed by atoms with E-state index in [0.717, 1.165) is 10.6 Å². The Kier molecular flexibility index (Phi) is 6.11. The topological polar surface area (TPSA) is 26.3 Å². The summed E-state index contributed by atoms with van der Waals surface area (Å²) in [7, 11) is 0. The normalized spacial score (nSPS) is 9.81. The molecule has 0 saturated carbocycles. The highest BCUT2D eigenvalue weighted by atomic mass is 32.2. The van der Waals surface area contributed by atoms with Crippen molar-refractivity contribution in [2.75, 3.05) is 12.4 Å². The van der Waals surface area contributed by atoms with Crippen molar-refractivity contribution in [3.63, 3.8) is 0 Å². The minimum Gasteiger partial charge on any atom is -0.465 e. The van der Waals surface area contributed by atoms with Crippen LogP contribution in [0.2, 0.25) is 0 Å². The summed E-state index contributed by atoms with van der Waals surface area (Å²) < 4.78 is 5.64. The molecule has 0 aromatic heterocycles. The van der Waals surface area contributed by atoms with E-state index >= 15 is 0 Å². The van der Waals surface area contributed by atoms with Crippen molar-refractivity contribution in [2.24, 2.45) is 0 Å². The minimum atomic E-state index is -0.206. The van der Waals surface area contributed by atoms with Gasteiger partial charge >= 0.3 is 5.97 Å². The van der Waals surface area contributed by atoms with Gasteiger partial charge in [-0.25, -0.2) is 0 Å². The van der Waals surface area contributed by atoms with Crippen molar-refractivity contribution < 1.29 is 9.53 Å². The number of hydrogen-bond donors (Lipinski definition) is 0. The lowest BCUT2D eigenvalue weighted by atomic mass is 10.2. The molecule has 0 N–H and O–H groups in total. The van der Waals surface area contributed by atoms with Gasteiger partial charge in [-0.2, -0.15) is 0 Å². The molecule has 0 bridgehead atoms. The summed E-state index contributed by atoms with van der Waals surface area (Å²) >= 11 is 6.57. The number of ether oxygens (including phenoxy) is 1. The fourth-order valence-corrected chi connectivity index (χ4v) is 2.13. The van der Waals surface area contributed by atoms with E-state index in [1.807, 2.05) is 30.3 Å². The van der Waals surface area contributed by atoms with Gasteiger partial charge in [0.05, 0.1) is 16.6 Å². The third-order valence-corrected chi connectivity index (χ3v) is 3.19. The molecule has 0 aliphatic rings. The van der Waals surface area contributed by atoms with Gasteiger partial charge in [0.1, 0.15) is 0 Å². The van der Waals surface area contributed by atoms with Crippen molar-refractivity contribution >= 4 is 34.1 Å². The van der Waals surface area contributed by atoms with Crippen molar-refractivity contribution in [2.45, 2.75) is 13.3 Å². The first-order valence-electron chi connectivity index (χ1n) is 5.07. The van der Waals surface area contributed by atoms with E-state index in [9.17, 15) is 4.79 Å². The molecule has 4 heteroatoms. The van der Waals surface area contributed by atoms with Gasteiger partial charge in [0.25, 0.3) is 0 Å². The first-order valence-corrected chi connectivity index (χ1v) is 6.47. The summed E-state index contributed by atoms with van der Waals surface area (Å²) in [6.07, 6.45) is 0.722. The number of rotatable bonds is 5. The van der Waals surface area contributed by atoms with Crippen LogP contribution in [0.1, 0.15) is 12.5 Å². The Hall–Kier alpha value is -0.870. The number of hydrogen-bond acceptors (Lipinski definition) is 4. The SMILES string of the molecule is CCOC(=O)CSC(=S)Cc1ccccc1. The molecule has 0 aliphatic carbocycles. The monoisotopic (exact) mass is 254 g/mol. The molecule has 0 saturated heterocycles. The van der Waals surface area contributed by atoms with Crippen molar-refractivity contribution in [1.29, 1.82) is 0 Å². The fraction of sp³-hybridized carbons (Fsp3) is 0.333. The van der Waals surface area contributed by atoms with Crippen molar-refractivity contribution in [3.8, 4) is 0 Å². The Labute approximate surface area is 105 Å². The second-order valence-electron chi connectivity index (χ2n) is 3.13. The van der Waals surface area contributed by atoms with Crippen molar-refractivity contribution in [1.82, 2.24) is 0 Å². The quantitative estimate of drug-likeness (QED) is 0.596. The van der Waals surface area contributed by atoms with Crippen LogP contribution in [-0.4, -0.2) is 22.5 Å².